The maximum atomic E-state index is 12.3. The Kier molecular flexibility index (Phi) is 7.69. The van der Waals surface area contributed by atoms with Crippen LogP contribution in [-0.4, -0.2) is 45.7 Å². The largest absolute Gasteiger partial charge is 0.455 e. The Labute approximate surface area is 185 Å². The molecule has 0 fully saturated rings. The summed E-state index contributed by atoms with van der Waals surface area (Å²) in [6.07, 6.45) is 1.03. The van der Waals surface area contributed by atoms with Gasteiger partial charge in [-0.25, -0.2) is 0 Å². The van der Waals surface area contributed by atoms with Crippen LogP contribution in [-0.2, 0) is 27.3 Å². The summed E-state index contributed by atoms with van der Waals surface area (Å²) < 4.78 is 5.07. The second kappa shape index (κ2) is 10.4. The highest BCUT2D eigenvalue weighted by Crippen LogP contribution is 2.18. The molecular formula is C25H34N3O3+. The van der Waals surface area contributed by atoms with Crippen molar-refractivity contribution >= 4 is 17.6 Å². The normalized spacial score (nSPS) is 16.4. The highest BCUT2D eigenvalue weighted by Gasteiger charge is 2.29. The Morgan fingerprint density at radius 2 is 1.74 bits per heavy atom. The van der Waals surface area contributed by atoms with Gasteiger partial charge in [0, 0.05) is 37.3 Å². The quantitative estimate of drug-likeness (QED) is 0.634. The fourth-order valence-electron chi connectivity index (χ4n) is 3.97. The van der Waals surface area contributed by atoms with E-state index in [0.29, 0.717) is 6.54 Å². The summed E-state index contributed by atoms with van der Waals surface area (Å²) in [5, 5.41) is 2.99. The topological polar surface area (TPSA) is 63.1 Å². The molecule has 6 nitrogen and oxygen atoms in total. The van der Waals surface area contributed by atoms with E-state index in [9.17, 15) is 9.59 Å². The first-order valence-electron chi connectivity index (χ1n) is 11.0. The number of quaternary nitrogens is 1. The Morgan fingerprint density at radius 1 is 1.06 bits per heavy atom. The van der Waals surface area contributed by atoms with Crippen LogP contribution in [0.3, 0.4) is 0 Å². The molecule has 6 heteroatoms. The molecule has 0 saturated carbocycles. The summed E-state index contributed by atoms with van der Waals surface area (Å²) in [7, 11) is 4.05. The average Bonchev–Trinajstić information content (AvgIpc) is 2.77. The lowest BCUT2D eigenvalue weighted by atomic mass is 9.96. The second-order valence-electron chi connectivity index (χ2n) is 8.71. The van der Waals surface area contributed by atoms with E-state index in [1.54, 1.807) is 13.8 Å². The van der Waals surface area contributed by atoms with Crippen molar-refractivity contribution in [1.82, 2.24) is 5.32 Å². The first-order chi connectivity index (χ1) is 14.8. The molecule has 2 aromatic carbocycles. The minimum Gasteiger partial charge on any atom is -0.455 e. The predicted octanol–water partition coefficient (Wildman–Crippen LogP) is 1.75. The number of benzene rings is 2. The smallest absolute Gasteiger partial charge is 0.308 e. The van der Waals surface area contributed by atoms with E-state index in [4.69, 9.17) is 4.74 Å². The summed E-state index contributed by atoms with van der Waals surface area (Å²) in [5.74, 6) is -0.862. The monoisotopic (exact) mass is 424 g/mol. The molecule has 2 N–H and O–H groups in total. The van der Waals surface area contributed by atoms with Crippen molar-refractivity contribution in [3.05, 3.63) is 65.2 Å². The molecule has 0 radical (unpaired) electrons. The van der Waals surface area contributed by atoms with Crippen molar-refractivity contribution < 1.29 is 19.2 Å². The Bertz CT molecular complexity index is 893. The van der Waals surface area contributed by atoms with Crippen molar-refractivity contribution in [3.63, 3.8) is 0 Å². The number of ether oxygens (including phenoxy) is 1. The van der Waals surface area contributed by atoms with Gasteiger partial charge in [-0.15, -0.1) is 0 Å². The van der Waals surface area contributed by atoms with Crippen LogP contribution in [0.4, 0.5) is 5.69 Å². The van der Waals surface area contributed by atoms with Crippen LogP contribution in [0.25, 0.3) is 0 Å². The molecule has 166 valence electrons. The fraction of sp³-hybridized carbons (Fsp3) is 0.440. The highest BCUT2D eigenvalue weighted by molar-refractivity contribution is 5.81. The number of amides is 1. The molecule has 0 aliphatic carbocycles. The SMILES string of the molecule is CC(C)C(=O)OCC(=O)NC[C@H](c1ccc(N(C)C)cc1)[NH+]1CCc2ccccc2C1. The summed E-state index contributed by atoms with van der Waals surface area (Å²) in [6.45, 7) is 5.71. The van der Waals surface area contributed by atoms with E-state index in [0.717, 1.165) is 25.2 Å². The number of hydrogen-bond donors (Lipinski definition) is 2. The molecule has 1 aliphatic heterocycles. The van der Waals surface area contributed by atoms with E-state index in [-0.39, 0.29) is 30.4 Å². The van der Waals surface area contributed by atoms with E-state index in [1.165, 1.54) is 21.6 Å². The van der Waals surface area contributed by atoms with Gasteiger partial charge in [0.25, 0.3) is 5.91 Å². The minimum atomic E-state index is -0.357. The van der Waals surface area contributed by atoms with E-state index >= 15 is 0 Å². The second-order valence-corrected chi connectivity index (χ2v) is 8.71. The molecule has 2 aromatic rings. The summed E-state index contributed by atoms with van der Waals surface area (Å²) in [4.78, 5) is 27.5. The van der Waals surface area contributed by atoms with Gasteiger partial charge in [-0.3, -0.25) is 9.59 Å². The maximum Gasteiger partial charge on any atom is 0.308 e. The number of carbonyl (C=O) groups is 2. The number of esters is 1. The molecular weight excluding hydrogens is 390 g/mol. The molecule has 1 aliphatic rings. The van der Waals surface area contributed by atoms with Gasteiger partial charge in [-0.05, 0) is 17.7 Å². The van der Waals surface area contributed by atoms with E-state index in [2.05, 4.69) is 58.7 Å². The molecule has 1 amide bonds. The molecule has 0 spiro atoms. The van der Waals surface area contributed by atoms with Crippen molar-refractivity contribution in [1.29, 1.82) is 0 Å². The minimum absolute atomic E-state index is 0.120. The Morgan fingerprint density at radius 3 is 2.39 bits per heavy atom. The first-order valence-corrected chi connectivity index (χ1v) is 11.0. The highest BCUT2D eigenvalue weighted by atomic mass is 16.5. The molecule has 1 heterocycles. The van der Waals surface area contributed by atoms with E-state index < -0.39 is 0 Å². The van der Waals surface area contributed by atoms with Crippen LogP contribution >= 0.6 is 0 Å². The van der Waals surface area contributed by atoms with E-state index in [1.807, 2.05) is 14.1 Å². The Balaban J connectivity index is 1.72. The fourth-order valence-corrected chi connectivity index (χ4v) is 3.97. The number of anilines is 1. The van der Waals surface area contributed by atoms with Crippen LogP contribution < -0.4 is 15.1 Å². The summed E-state index contributed by atoms with van der Waals surface area (Å²) in [5.41, 5.74) is 5.12. The van der Waals surface area contributed by atoms with Gasteiger partial charge in [0.15, 0.2) is 6.61 Å². The lowest BCUT2D eigenvalue weighted by Crippen LogP contribution is -3.12. The van der Waals surface area contributed by atoms with Gasteiger partial charge in [0.05, 0.1) is 19.0 Å². The van der Waals surface area contributed by atoms with Crippen molar-refractivity contribution in [2.24, 2.45) is 5.92 Å². The maximum absolute atomic E-state index is 12.3. The molecule has 0 saturated heterocycles. The predicted molar refractivity (Wildman–Crippen MR) is 122 cm³/mol. The van der Waals surface area contributed by atoms with Gasteiger partial charge in [-0.1, -0.05) is 50.2 Å². The summed E-state index contributed by atoms with van der Waals surface area (Å²) >= 11 is 0. The standard InChI is InChI=1S/C25H33N3O3/c1-18(2)25(30)31-17-24(29)26-15-23(20-9-11-22(12-10-20)27(3)4)28-14-13-19-7-5-6-8-21(19)16-28/h5-12,18,23H,13-17H2,1-4H3,(H,26,29)/p+1/t23-/m1/s1. The van der Waals surface area contributed by atoms with Gasteiger partial charge in [-0.2, -0.15) is 0 Å². The zero-order valence-electron chi connectivity index (χ0n) is 19.0. The summed E-state index contributed by atoms with van der Waals surface area (Å²) in [6, 6.07) is 17.2. The van der Waals surface area contributed by atoms with Gasteiger partial charge in [0.1, 0.15) is 12.6 Å². The third-order valence-electron chi connectivity index (χ3n) is 5.88. The molecule has 1 unspecified atom stereocenters. The third kappa shape index (κ3) is 6.07. The number of hydrogen-bond acceptors (Lipinski definition) is 4. The van der Waals surface area contributed by atoms with Crippen molar-refractivity contribution in [2.45, 2.75) is 32.9 Å². The van der Waals surface area contributed by atoms with Gasteiger partial charge < -0.3 is 19.9 Å². The van der Waals surface area contributed by atoms with Gasteiger partial charge >= 0.3 is 5.97 Å². The molecule has 31 heavy (non-hydrogen) atoms. The van der Waals surface area contributed by atoms with Crippen LogP contribution in [0, 0.1) is 5.92 Å². The van der Waals surface area contributed by atoms with Crippen molar-refractivity contribution in [2.75, 3.05) is 38.7 Å². The van der Waals surface area contributed by atoms with Gasteiger partial charge in [0.2, 0.25) is 0 Å². The molecule has 0 bridgehead atoms. The number of carbonyl (C=O) groups excluding carboxylic acids is 2. The number of nitrogens with zero attached hydrogens (tertiary/aromatic N) is 1. The van der Waals surface area contributed by atoms with Crippen LogP contribution in [0.2, 0.25) is 0 Å². The molecule has 0 aromatic heterocycles. The number of nitrogens with one attached hydrogen (secondary N) is 2. The zero-order valence-corrected chi connectivity index (χ0v) is 19.0. The lowest BCUT2D eigenvalue weighted by Gasteiger charge is -2.33. The Hall–Kier alpha value is -2.86. The first kappa shape index (κ1) is 22.8. The molecule has 3 rings (SSSR count). The van der Waals surface area contributed by atoms with Crippen LogP contribution in [0.5, 0.6) is 0 Å². The number of rotatable bonds is 8. The zero-order chi connectivity index (χ0) is 22.4. The molecule has 2 atom stereocenters. The van der Waals surface area contributed by atoms with Crippen LogP contribution in [0.1, 0.15) is 36.6 Å². The number of fused-ring (bicyclic) bond motifs is 1. The van der Waals surface area contributed by atoms with Crippen molar-refractivity contribution in [3.8, 4) is 0 Å². The third-order valence-corrected chi connectivity index (χ3v) is 5.88. The average molecular weight is 425 g/mol. The van der Waals surface area contributed by atoms with Crippen LogP contribution in [0.15, 0.2) is 48.5 Å². The lowest BCUT2D eigenvalue weighted by molar-refractivity contribution is -0.945.